The Hall–Kier alpha value is -1.99. The summed E-state index contributed by atoms with van der Waals surface area (Å²) in [5.74, 6) is -0.0862. The Morgan fingerprint density at radius 3 is 2.57 bits per heavy atom. The minimum atomic E-state index is -0.185. The fraction of sp³-hybridized carbons (Fsp3) is 0.357. The van der Waals surface area contributed by atoms with Crippen LogP contribution in [0.25, 0.3) is 0 Å². The summed E-state index contributed by atoms with van der Waals surface area (Å²) < 4.78 is 0. The van der Waals surface area contributed by atoms with Gasteiger partial charge in [-0.2, -0.15) is 0 Å². The maximum Gasteiger partial charge on any atom is 0.305 e. The zero-order valence-corrected chi connectivity index (χ0v) is 12.3. The van der Waals surface area contributed by atoms with Gasteiger partial charge in [0.05, 0.1) is 0 Å². The van der Waals surface area contributed by atoms with Gasteiger partial charge in [0.2, 0.25) is 0 Å². The zero-order valence-electron chi connectivity index (χ0n) is 11.5. The molecule has 0 spiro atoms. The molecular weight excluding hydrogens is 288 g/mol. The van der Waals surface area contributed by atoms with E-state index in [1.165, 1.54) is 5.56 Å². The van der Waals surface area contributed by atoms with Crippen molar-refractivity contribution in [1.29, 1.82) is 0 Å². The van der Waals surface area contributed by atoms with E-state index in [0.29, 0.717) is 18.8 Å². The Morgan fingerprint density at radius 1 is 1.24 bits per heavy atom. The molecule has 0 aliphatic carbocycles. The van der Waals surface area contributed by atoms with Crippen LogP contribution in [0.5, 0.6) is 0 Å². The molecule has 0 radical (unpaired) electrons. The van der Waals surface area contributed by atoms with Gasteiger partial charge < -0.3 is 9.88 Å². The maximum atomic E-state index is 12.2. The van der Waals surface area contributed by atoms with Crippen molar-refractivity contribution in [3.63, 3.8) is 0 Å². The minimum Gasteiger partial charge on any atom is -0.335 e. The van der Waals surface area contributed by atoms with Crippen molar-refractivity contribution in [3.8, 4) is 0 Å². The van der Waals surface area contributed by atoms with Crippen molar-refractivity contribution in [2.45, 2.75) is 6.54 Å². The van der Waals surface area contributed by atoms with E-state index in [4.69, 9.17) is 0 Å². The average Bonchev–Trinajstić information content (AvgIpc) is 2.95. The molecule has 0 aromatic carbocycles. The molecule has 1 saturated heterocycles. The number of H-pyrrole nitrogens is 1. The Labute approximate surface area is 126 Å². The molecule has 1 aliphatic rings. The molecule has 2 aromatic rings. The largest absolute Gasteiger partial charge is 0.335 e. The van der Waals surface area contributed by atoms with Gasteiger partial charge in [0.15, 0.2) is 0 Å². The summed E-state index contributed by atoms with van der Waals surface area (Å²) in [5, 5.41) is 1.59. The van der Waals surface area contributed by atoms with Gasteiger partial charge in [-0.1, -0.05) is 11.3 Å². The van der Waals surface area contributed by atoms with Crippen LogP contribution in [-0.4, -0.2) is 51.9 Å². The number of aromatic nitrogens is 2. The van der Waals surface area contributed by atoms with Gasteiger partial charge >= 0.3 is 4.87 Å². The summed E-state index contributed by atoms with van der Waals surface area (Å²) in [6.07, 6.45) is 3.59. The van der Waals surface area contributed by atoms with Gasteiger partial charge in [-0.05, 0) is 17.7 Å². The van der Waals surface area contributed by atoms with E-state index in [1.807, 2.05) is 12.1 Å². The van der Waals surface area contributed by atoms with E-state index in [0.717, 1.165) is 31.0 Å². The number of amides is 1. The lowest BCUT2D eigenvalue weighted by molar-refractivity contribution is 0.0623. The highest BCUT2D eigenvalue weighted by molar-refractivity contribution is 7.07. The molecule has 110 valence electrons. The molecule has 1 aliphatic heterocycles. The zero-order chi connectivity index (χ0) is 14.7. The Kier molecular flexibility index (Phi) is 4.12. The lowest BCUT2D eigenvalue weighted by Crippen LogP contribution is -2.48. The predicted octanol–water partition coefficient (Wildman–Crippen LogP) is 0.789. The molecule has 6 nitrogen and oxygen atoms in total. The van der Waals surface area contributed by atoms with Crippen LogP contribution in [0.1, 0.15) is 16.1 Å². The highest BCUT2D eigenvalue weighted by Crippen LogP contribution is 2.10. The number of thiazole rings is 1. The molecule has 2 aromatic heterocycles. The SMILES string of the molecule is O=C(c1csc(=O)[nH]1)N1CCN(Cc2ccncc2)CC1. The van der Waals surface area contributed by atoms with Gasteiger partial charge in [-0.15, -0.1) is 0 Å². The van der Waals surface area contributed by atoms with Gasteiger partial charge in [-0.25, -0.2) is 0 Å². The number of carbonyl (C=O) groups excluding carboxylic acids is 1. The van der Waals surface area contributed by atoms with Gasteiger partial charge in [-0.3, -0.25) is 19.5 Å². The van der Waals surface area contributed by atoms with Crippen molar-refractivity contribution < 1.29 is 4.79 Å². The molecule has 0 atom stereocenters. The number of pyridine rings is 1. The first kappa shape index (κ1) is 14.0. The number of nitrogens with one attached hydrogen (secondary N) is 1. The Bertz CT molecular complexity index is 659. The third-order valence-electron chi connectivity index (χ3n) is 3.57. The van der Waals surface area contributed by atoms with Crippen molar-refractivity contribution in [1.82, 2.24) is 19.8 Å². The van der Waals surface area contributed by atoms with Gasteiger partial charge in [0.25, 0.3) is 5.91 Å². The summed E-state index contributed by atoms with van der Waals surface area (Å²) >= 11 is 1.02. The summed E-state index contributed by atoms with van der Waals surface area (Å²) in [7, 11) is 0. The van der Waals surface area contributed by atoms with Crippen LogP contribution in [0, 0.1) is 0 Å². The normalized spacial score (nSPS) is 16.1. The van der Waals surface area contributed by atoms with Crippen LogP contribution in [0.15, 0.2) is 34.7 Å². The molecular formula is C14H16N4O2S. The van der Waals surface area contributed by atoms with E-state index in [1.54, 1.807) is 22.7 Å². The van der Waals surface area contributed by atoms with Crippen LogP contribution in [0.2, 0.25) is 0 Å². The van der Waals surface area contributed by atoms with Crippen molar-refractivity contribution in [3.05, 3.63) is 50.8 Å². The number of aromatic amines is 1. The smallest absolute Gasteiger partial charge is 0.305 e. The molecule has 3 rings (SSSR count). The molecule has 0 unspecified atom stereocenters. The standard InChI is InChI=1S/C14H16N4O2S/c19-13(12-10-21-14(20)16-12)18-7-5-17(6-8-18)9-11-1-3-15-4-2-11/h1-4,10H,5-9H2,(H,16,20). The average molecular weight is 304 g/mol. The number of piperazine rings is 1. The van der Waals surface area contributed by atoms with Crippen LogP contribution >= 0.6 is 11.3 Å². The lowest BCUT2D eigenvalue weighted by atomic mass is 10.2. The highest BCUT2D eigenvalue weighted by atomic mass is 32.1. The molecule has 0 saturated carbocycles. The topological polar surface area (TPSA) is 69.3 Å². The molecule has 3 heterocycles. The van der Waals surface area contributed by atoms with Crippen LogP contribution in [0.3, 0.4) is 0 Å². The number of rotatable bonds is 3. The first-order chi connectivity index (χ1) is 10.2. The summed E-state index contributed by atoms with van der Waals surface area (Å²) in [4.78, 5) is 33.8. The maximum absolute atomic E-state index is 12.2. The molecule has 0 bridgehead atoms. The quantitative estimate of drug-likeness (QED) is 0.910. The molecule has 1 amide bonds. The van der Waals surface area contributed by atoms with Crippen molar-refractivity contribution >= 4 is 17.2 Å². The fourth-order valence-electron chi connectivity index (χ4n) is 2.41. The second-order valence-electron chi connectivity index (χ2n) is 4.99. The van der Waals surface area contributed by atoms with Gasteiger partial charge in [0, 0.05) is 50.5 Å². The Balaban J connectivity index is 1.55. The second kappa shape index (κ2) is 6.19. The minimum absolute atomic E-state index is 0.0862. The number of hydrogen-bond donors (Lipinski definition) is 1. The second-order valence-corrected chi connectivity index (χ2v) is 5.83. The lowest BCUT2D eigenvalue weighted by Gasteiger charge is -2.34. The number of carbonyl (C=O) groups is 1. The predicted molar refractivity (Wildman–Crippen MR) is 80.4 cm³/mol. The van der Waals surface area contributed by atoms with E-state index in [9.17, 15) is 9.59 Å². The molecule has 1 fully saturated rings. The summed E-state index contributed by atoms with van der Waals surface area (Å²) in [6.45, 7) is 3.91. The van der Waals surface area contributed by atoms with Crippen molar-refractivity contribution in [2.24, 2.45) is 0 Å². The van der Waals surface area contributed by atoms with E-state index < -0.39 is 0 Å². The monoisotopic (exact) mass is 304 g/mol. The third-order valence-corrected chi connectivity index (χ3v) is 4.24. The van der Waals surface area contributed by atoms with E-state index >= 15 is 0 Å². The molecule has 7 heteroatoms. The van der Waals surface area contributed by atoms with Crippen molar-refractivity contribution in [2.75, 3.05) is 26.2 Å². The molecule has 1 N–H and O–H groups in total. The van der Waals surface area contributed by atoms with E-state index in [-0.39, 0.29) is 10.8 Å². The highest BCUT2D eigenvalue weighted by Gasteiger charge is 2.23. The van der Waals surface area contributed by atoms with Crippen LogP contribution in [-0.2, 0) is 6.54 Å². The van der Waals surface area contributed by atoms with Crippen LogP contribution in [0.4, 0.5) is 0 Å². The summed E-state index contributed by atoms with van der Waals surface area (Å²) in [5.41, 5.74) is 1.62. The first-order valence-corrected chi connectivity index (χ1v) is 7.69. The van der Waals surface area contributed by atoms with E-state index in [2.05, 4.69) is 14.9 Å². The van der Waals surface area contributed by atoms with Crippen LogP contribution < -0.4 is 4.87 Å². The number of nitrogens with zero attached hydrogens (tertiary/aromatic N) is 3. The number of hydrogen-bond acceptors (Lipinski definition) is 5. The summed E-state index contributed by atoms with van der Waals surface area (Å²) in [6, 6.07) is 4.02. The first-order valence-electron chi connectivity index (χ1n) is 6.81. The molecule has 21 heavy (non-hydrogen) atoms. The third kappa shape index (κ3) is 3.37. The fourth-order valence-corrected chi connectivity index (χ4v) is 2.96. The van der Waals surface area contributed by atoms with Gasteiger partial charge in [0.1, 0.15) is 5.69 Å². The Morgan fingerprint density at radius 2 is 1.95 bits per heavy atom.